The summed E-state index contributed by atoms with van der Waals surface area (Å²) in [5.41, 5.74) is 0. The van der Waals surface area contributed by atoms with Gasteiger partial charge in [-0.2, -0.15) is 0 Å². The molecule has 0 radical (unpaired) electrons. The van der Waals surface area contributed by atoms with Gasteiger partial charge in [-0.05, 0) is 18.8 Å². The molecule has 1 saturated carbocycles. The Labute approximate surface area is 73.9 Å². The van der Waals surface area contributed by atoms with Crippen molar-refractivity contribution in [1.82, 2.24) is 10.6 Å². The van der Waals surface area contributed by atoms with Crippen LogP contribution in [0, 0.1) is 5.92 Å². The van der Waals surface area contributed by atoms with E-state index in [9.17, 15) is 4.79 Å². The largest absolute Gasteiger partial charge is 0.341 e. The summed E-state index contributed by atoms with van der Waals surface area (Å²) in [6.07, 6.45) is 6.60. The van der Waals surface area contributed by atoms with Gasteiger partial charge in [0.25, 0.3) is 0 Å². The predicted octanol–water partition coefficient (Wildman–Crippen LogP) is 1.50. The van der Waals surface area contributed by atoms with Crippen molar-refractivity contribution in [3.8, 4) is 0 Å². The van der Waals surface area contributed by atoms with E-state index in [4.69, 9.17) is 0 Å². The van der Waals surface area contributed by atoms with Crippen molar-refractivity contribution in [2.45, 2.75) is 32.1 Å². The molecule has 0 atom stereocenters. The van der Waals surface area contributed by atoms with Gasteiger partial charge in [0.1, 0.15) is 0 Å². The fourth-order valence-electron chi connectivity index (χ4n) is 1.72. The Hall–Kier alpha value is -0.730. The predicted molar refractivity (Wildman–Crippen MR) is 49.0 cm³/mol. The van der Waals surface area contributed by atoms with E-state index in [0.29, 0.717) is 0 Å². The summed E-state index contributed by atoms with van der Waals surface area (Å²) in [6, 6.07) is -0.0550. The number of rotatable bonds is 2. The molecule has 70 valence electrons. The minimum absolute atomic E-state index is 0.0550. The van der Waals surface area contributed by atoms with Gasteiger partial charge in [0.15, 0.2) is 0 Å². The molecule has 1 aliphatic carbocycles. The molecule has 3 heteroatoms. The molecule has 0 saturated heterocycles. The van der Waals surface area contributed by atoms with Gasteiger partial charge >= 0.3 is 6.03 Å². The Balaban J connectivity index is 2.09. The molecule has 0 spiro atoms. The summed E-state index contributed by atoms with van der Waals surface area (Å²) in [4.78, 5) is 10.8. The van der Waals surface area contributed by atoms with Crippen LogP contribution in [0.3, 0.4) is 0 Å². The maximum absolute atomic E-state index is 10.8. The Bertz CT molecular complexity index is 141. The zero-order valence-corrected chi connectivity index (χ0v) is 7.73. The van der Waals surface area contributed by atoms with E-state index in [1.165, 1.54) is 32.1 Å². The molecule has 12 heavy (non-hydrogen) atoms. The van der Waals surface area contributed by atoms with Crippen molar-refractivity contribution in [2.75, 3.05) is 13.6 Å². The lowest BCUT2D eigenvalue weighted by atomic mass is 9.89. The molecule has 1 aliphatic rings. The second kappa shape index (κ2) is 5.01. The fraction of sp³-hybridized carbons (Fsp3) is 0.889. The van der Waals surface area contributed by atoms with Gasteiger partial charge < -0.3 is 10.6 Å². The first-order valence-electron chi connectivity index (χ1n) is 4.78. The third kappa shape index (κ3) is 3.11. The highest BCUT2D eigenvalue weighted by Crippen LogP contribution is 2.22. The first kappa shape index (κ1) is 9.36. The molecule has 2 amide bonds. The number of hydrogen-bond donors (Lipinski definition) is 2. The summed E-state index contributed by atoms with van der Waals surface area (Å²) in [7, 11) is 1.65. The van der Waals surface area contributed by atoms with E-state index in [2.05, 4.69) is 10.6 Å². The average molecular weight is 170 g/mol. The summed E-state index contributed by atoms with van der Waals surface area (Å²) >= 11 is 0. The highest BCUT2D eigenvalue weighted by molar-refractivity contribution is 5.73. The third-order valence-corrected chi connectivity index (χ3v) is 2.50. The quantitative estimate of drug-likeness (QED) is 0.647. The van der Waals surface area contributed by atoms with E-state index in [1.54, 1.807) is 7.05 Å². The van der Waals surface area contributed by atoms with Crippen LogP contribution in [0.15, 0.2) is 0 Å². The van der Waals surface area contributed by atoms with Crippen LogP contribution in [0.25, 0.3) is 0 Å². The lowest BCUT2D eigenvalue weighted by Gasteiger charge is -2.21. The topological polar surface area (TPSA) is 41.1 Å². The molecule has 3 nitrogen and oxygen atoms in total. The molecule has 0 aromatic rings. The second-order valence-electron chi connectivity index (χ2n) is 3.46. The van der Waals surface area contributed by atoms with Gasteiger partial charge in [-0.1, -0.05) is 19.3 Å². The Morgan fingerprint density at radius 2 is 2.00 bits per heavy atom. The van der Waals surface area contributed by atoms with E-state index in [0.717, 1.165) is 12.5 Å². The number of carbonyl (C=O) groups excluding carboxylic acids is 1. The molecule has 0 bridgehead atoms. The van der Waals surface area contributed by atoms with Gasteiger partial charge in [-0.3, -0.25) is 0 Å². The summed E-state index contributed by atoms with van der Waals surface area (Å²) in [6.45, 7) is 0.847. The van der Waals surface area contributed by atoms with Crippen LogP contribution in [-0.4, -0.2) is 19.6 Å². The van der Waals surface area contributed by atoms with Crippen molar-refractivity contribution in [3.05, 3.63) is 0 Å². The van der Waals surface area contributed by atoms with Crippen LogP contribution in [0.2, 0.25) is 0 Å². The number of nitrogens with one attached hydrogen (secondary N) is 2. The zero-order valence-electron chi connectivity index (χ0n) is 7.73. The lowest BCUT2D eigenvalue weighted by Crippen LogP contribution is -2.36. The normalized spacial score (nSPS) is 18.8. The summed E-state index contributed by atoms with van der Waals surface area (Å²) in [5, 5.41) is 5.41. The fourth-order valence-corrected chi connectivity index (χ4v) is 1.72. The van der Waals surface area contributed by atoms with Crippen LogP contribution < -0.4 is 10.6 Å². The van der Waals surface area contributed by atoms with E-state index >= 15 is 0 Å². The molecule has 0 unspecified atom stereocenters. The molecule has 0 aliphatic heterocycles. The molecule has 1 fully saturated rings. The Kier molecular flexibility index (Phi) is 3.91. The minimum atomic E-state index is -0.0550. The highest BCUT2D eigenvalue weighted by atomic mass is 16.2. The molecule has 1 rings (SSSR count). The van der Waals surface area contributed by atoms with Crippen molar-refractivity contribution in [1.29, 1.82) is 0 Å². The number of amides is 2. The smallest absolute Gasteiger partial charge is 0.314 e. The number of carbonyl (C=O) groups is 1. The van der Waals surface area contributed by atoms with Crippen LogP contribution in [-0.2, 0) is 0 Å². The van der Waals surface area contributed by atoms with Gasteiger partial charge in [0.05, 0.1) is 0 Å². The Morgan fingerprint density at radius 3 is 2.58 bits per heavy atom. The van der Waals surface area contributed by atoms with Crippen molar-refractivity contribution < 1.29 is 4.79 Å². The van der Waals surface area contributed by atoms with Crippen molar-refractivity contribution in [3.63, 3.8) is 0 Å². The maximum atomic E-state index is 10.8. The van der Waals surface area contributed by atoms with Gasteiger partial charge in [-0.15, -0.1) is 0 Å². The van der Waals surface area contributed by atoms with Crippen LogP contribution in [0.4, 0.5) is 4.79 Å². The summed E-state index contributed by atoms with van der Waals surface area (Å²) < 4.78 is 0. The monoisotopic (exact) mass is 170 g/mol. The SMILES string of the molecule is CNC(=O)NCC1CCCCC1. The Morgan fingerprint density at radius 1 is 1.33 bits per heavy atom. The zero-order chi connectivity index (χ0) is 8.81. The first-order valence-corrected chi connectivity index (χ1v) is 4.78. The van der Waals surface area contributed by atoms with Gasteiger partial charge in [-0.25, -0.2) is 4.79 Å². The van der Waals surface area contributed by atoms with Crippen molar-refractivity contribution in [2.24, 2.45) is 5.92 Å². The summed E-state index contributed by atoms with van der Waals surface area (Å²) in [5.74, 6) is 0.719. The molecule has 0 aromatic carbocycles. The van der Waals surface area contributed by atoms with Crippen LogP contribution in [0.1, 0.15) is 32.1 Å². The maximum Gasteiger partial charge on any atom is 0.314 e. The minimum Gasteiger partial charge on any atom is -0.341 e. The van der Waals surface area contributed by atoms with Crippen LogP contribution in [0.5, 0.6) is 0 Å². The molecular weight excluding hydrogens is 152 g/mol. The van der Waals surface area contributed by atoms with E-state index in [1.807, 2.05) is 0 Å². The molecular formula is C9H18N2O. The van der Waals surface area contributed by atoms with Gasteiger partial charge in [0.2, 0.25) is 0 Å². The second-order valence-corrected chi connectivity index (χ2v) is 3.46. The highest BCUT2D eigenvalue weighted by Gasteiger charge is 2.13. The standard InChI is InChI=1S/C9H18N2O/c1-10-9(12)11-7-8-5-3-2-4-6-8/h8H,2-7H2,1H3,(H2,10,11,12). The number of hydrogen-bond acceptors (Lipinski definition) is 1. The van der Waals surface area contributed by atoms with Crippen LogP contribution >= 0.6 is 0 Å². The molecule has 2 N–H and O–H groups in total. The van der Waals surface area contributed by atoms with Gasteiger partial charge in [0, 0.05) is 13.6 Å². The first-order chi connectivity index (χ1) is 5.83. The third-order valence-electron chi connectivity index (χ3n) is 2.50. The molecule has 0 aromatic heterocycles. The average Bonchev–Trinajstić information content (AvgIpc) is 2.16. The van der Waals surface area contributed by atoms with E-state index < -0.39 is 0 Å². The van der Waals surface area contributed by atoms with E-state index in [-0.39, 0.29) is 6.03 Å². The lowest BCUT2D eigenvalue weighted by molar-refractivity contribution is 0.238. The number of urea groups is 1. The van der Waals surface area contributed by atoms with Crippen molar-refractivity contribution >= 4 is 6.03 Å². The molecule has 0 heterocycles.